The number of aliphatic hydroxyl groups is 1. The summed E-state index contributed by atoms with van der Waals surface area (Å²) >= 11 is 0. The lowest BCUT2D eigenvalue weighted by atomic mass is 9.99. The Hall–Kier alpha value is -1.39. The van der Waals surface area contributed by atoms with Crippen LogP contribution in [-0.2, 0) is 4.79 Å². The van der Waals surface area contributed by atoms with Crippen molar-refractivity contribution in [3.8, 4) is 0 Å². The molecule has 0 spiro atoms. The number of rotatable bonds is 6. The Bertz CT molecular complexity index is 449. The van der Waals surface area contributed by atoms with E-state index < -0.39 is 12.1 Å². The summed E-state index contributed by atoms with van der Waals surface area (Å²) in [6.07, 6.45) is 2.04. The number of amides is 1. The first kappa shape index (κ1) is 16.0. The summed E-state index contributed by atoms with van der Waals surface area (Å²) in [7, 11) is 0. The van der Waals surface area contributed by atoms with Crippen LogP contribution in [0.15, 0.2) is 30.3 Å². The third-order valence-electron chi connectivity index (χ3n) is 4.20. The summed E-state index contributed by atoms with van der Waals surface area (Å²) in [6.45, 7) is 5.50. The third-order valence-corrected chi connectivity index (χ3v) is 4.20. The fourth-order valence-electron chi connectivity index (χ4n) is 3.10. The Morgan fingerprint density at radius 1 is 1.38 bits per heavy atom. The molecule has 1 aromatic rings. The zero-order chi connectivity index (χ0) is 15.2. The van der Waals surface area contributed by atoms with Crippen LogP contribution in [0.1, 0.15) is 44.7 Å². The van der Waals surface area contributed by atoms with Crippen molar-refractivity contribution < 1.29 is 9.90 Å². The average molecular weight is 290 g/mol. The van der Waals surface area contributed by atoms with Gasteiger partial charge in [0.05, 0.1) is 12.1 Å². The highest BCUT2D eigenvalue weighted by Crippen LogP contribution is 2.27. The maximum absolute atomic E-state index is 12.8. The van der Waals surface area contributed by atoms with Gasteiger partial charge in [-0.05, 0) is 31.9 Å². The van der Waals surface area contributed by atoms with Gasteiger partial charge in [-0.15, -0.1) is 0 Å². The smallest absolute Gasteiger partial charge is 0.242 e. The molecule has 0 aromatic heterocycles. The molecule has 1 aliphatic rings. The topological polar surface area (TPSA) is 52.6 Å². The summed E-state index contributed by atoms with van der Waals surface area (Å²) in [5.41, 5.74) is 1.17. The van der Waals surface area contributed by atoms with Crippen LogP contribution in [0.5, 0.6) is 0 Å². The summed E-state index contributed by atoms with van der Waals surface area (Å²) in [5.74, 6) is 0.0183. The number of benzene rings is 1. The van der Waals surface area contributed by atoms with Gasteiger partial charge in [0.2, 0.25) is 5.91 Å². The Morgan fingerprint density at radius 3 is 2.62 bits per heavy atom. The number of nitrogens with one attached hydrogen (secondary N) is 1. The van der Waals surface area contributed by atoms with Crippen LogP contribution < -0.4 is 5.32 Å². The molecule has 0 radical (unpaired) electrons. The first-order valence-corrected chi connectivity index (χ1v) is 7.95. The molecule has 1 aromatic carbocycles. The molecule has 2 rings (SSSR count). The van der Waals surface area contributed by atoms with Crippen LogP contribution in [0.3, 0.4) is 0 Å². The largest absolute Gasteiger partial charge is 0.391 e. The van der Waals surface area contributed by atoms with Gasteiger partial charge in [0.25, 0.3) is 0 Å². The van der Waals surface area contributed by atoms with E-state index in [-0.39, 0.29) is 11.9 Å². The average Bonchev–Trinajstić information content (AvgIpc) is 2.94. The van der Waals surface area contributed by atoms with Crippen molar-refractivity contribution in [2.75, 3.05) is 13.1 Å². The van der Waals surface area contributed by atoms with E-state index in [1.807, 2.05) is 30.0 Å². The highest BCUT2D eigenvalue weighted by atomic mass is 16.3. The second-order valence-electron chi connectivity index (χ2n) is 5.63. The van der Waals surface area contributed by atoms with Gasteiger partial charge < -0.3 is 15.3 Å². The van der Waals surface area contributed by atoms with Crippen LogP contribution in [0.2, 0.25) is 0 Å². The molecule has 0 aliphatic carbocycles. The molecular formula is C17H26N2O2. The number of carbonyl (C=O) groups is 1. The van der Waals surface area contributed by atoms with Crippen molar-refractivity contribution in [3.05, 3.63) is 35.9 Å². The first-order chi connectivity index (χ1) is 10.2. The van der Waals surface area contributed by atoms with E-state index >= 15 is 0 Å². The van der Waals surface area contributed by atoms with Gasteiger partial charge in [0.1, 0.15) is 6.04 Å². The summed E-state index contributed by atoms with van der Waals surface area (Å²) < 4.78 is 0. The minimum atomic E-state index is -0.565. The van der Waals surface area contributed by atoms with E-state index in [0.717, 1.165) is 12.8 Å². The van der Waals surface area contributed by atoms with E-state index in [1.165, 1.54) is 5.56 Å². The number of hydrogen-bond acceptors (Lipinski definition) is 3. The van der Waals surface area contributed by atoms with Crippen molar-refractivity contribution >= 4 is 5.91 Å². The molecule has 2 N–H and O–H groups in total. The number of nitrogens with zero attached hydrogens (tertiary/aromatic N) is 1. The molecule has 1 saturated heterocycles. The molecule has 1 fully saturated rings. The number of carbonyl (C=O) groups excluding carboxylic acids is 1. The van der Waals surface area contributed by atoms with E-state index in [1.54, 1.807) is 0 Å². The molecule has 1 heterocycles. The Kier molecular flexibility index (Phi) is 5.76. The minimum Gasteiger partial charge on any atom is -0.391 e. The minimum absolute atomic E-state index is 0.0183. The molecule has 2 unspecified atom stereocenters. The van der Waals surface area contributed by atoms with Crippen LogP contribution in [0.25, 0.3) is 0 Å². The van der Waals surface area contributed by atoms with E-state index in [0.29, 0.717) is 19.5 Å². The second kappa shape index (κ2) is 7.57. The highest BCUT2D eigenvalue weighted by Gasteiger charge is 2.36. The standard InChI is InChI=1S/C17H26N2O2/c1-3-8-14(13-9-6-5-7-10-13)19(4-2)17(21)16-15(20)11-12-18-16/h5-7,9-10,14-16,18,20H,3-4,8,11-12H2,1-2H3/t14?,15?,16-/m0/s1. The van der Waals surface area contributed by atoms with E-state index in [2.05, 4.69) is 24.4 Å². The van der Waals surface area contributed by atoms with Crippen molar-refractivity contribution in [3.63, 3.8) is 0 Å². The Balaban J connectivity index is 2.21. The van der Waals surface area contributed by atoms with Crippen molar-refractivity contribution in [1.82, 2.24) is 10.2 Å². The third kappa shape index (κ3) is 3.63. The van der Waals surface area contributed by atoms with Crippen LogP contribution >= 0.6 is 0 Å². The van der Waals surface area contributed by atoms with Gasteiger partial charge in [0, 0.05) is 6.54 Å². The lowest BCUT2D eigenvalue weighted by molar-refractivity contribution is -0.137. The van der Waals surface area contributed by atoms with Gasteiger partial charge >= 0.3 is 0 Å². The maximum Gasteiger partial charge on any atom is 0.242 e. The predicted octanol–water partition coefficient (Wildman–Crippen LogP) is 2.10. The van der Waals surface area contributed by atoms with Gasteiger partial charge in [-0.2, -0.15) is 0 Å². The SMILES string of the molecule is CCCC(c1ccccc1)N(CC)C(=O)[C@H]1NCCC1O. The van der Waals surface area contributed by atoms with E-state index in [9.17, 15) is 9.90 Å². The molecule has 21 heavy (non-hydrogen) atoms. The van der Waals surface area contributed by atoms with E-state index in [4.69, 9.17) is 0 Å². The molecule has 0 bridgehead atoms. The van der Waals surface area contributed by atoms with Crippen molar-refractivity contribution in [1.29, 1.82) is 0 Å². The normalized spacial score (nSPS) is 23.0. The molecule has 4 nitrogen and oxygen atoms in total. The number of likely N-dealkylation sites (N-methyl/N-ethyl adjacent to an activating group) is 1. The van der Waals surface area contributed by atoms with Crippen LogP contribution in [0.4, 0.5) is 0 Å². The molecule has 116 valence electrons. The quantitative estimate of drug-likeness (QED) is 0.843. The summed E-state index contributed by atoms with van der Waals surface area (Å²) in [5, 5.41) is 13.1. The lowest BCUT2D eigenvalue weighted by Crippen LogP contribution is -2.49. The zero-order valence-electron chi connectivity index (χ0n) is 13.0. The Labute approximate surface area is 127 Å². The van der Waals surface area contributed by atoms with Crippen LogP contribution in [0, 0.1) is 0 Å². The summed E-state index contributed by atoms with van der Waals surface area (Å²) in [6, 6.07) is 9.81. The summed E-state index contributed by atoms with van der Waals surface area (Å²) in [4.78, 5) is 14.7. The van der Waals surface area contributed by atoms with Gasteiger partial charge in [-0.1, -0.05) is 43.7 Å². The second-order valence-corrected chi connectivity index (χ2v) is 5.63. The molecule has 1 aliphatic heterocycles. The Morgan fingerprint density at radius 2 is 2.10 bits per heavy atom. The fraction of sp³-hybridized carbons (Fsp3) is 0.588. The monoisotopic (exact) mass is 290 g/mol. The zero-order valence-corrected chi connectivity index (χ0v) is 13.0. The predicted molar refractivity (Wildman–Crippen MR) is 83.9 cm³/mol. The molecular weight excluding hydrogens is 264 g/mol. The van der Waals surface area contributed by atoms with Crippen molar-refractivity contribution in [2.24, 2.45) is 0 Å². The first-order valence-electron chi connectivity index (χ1n) is 7.95. The molecule has 3 atom stereocenters. The highest BCUT2D eigenvalue weighted by molar-refractivity contribution is 5.83. The van der Waals surface area contributed by atoms with Crippen LogP contribution in [-0.4, -0.2) is 41.1 Å². The number of aliphatic hydroxyl groups excluding tert-OH is 1. The van der Waals surface area contributed by atoms with Gasteiger partial charge in [-0.25, -0.2) is 0 Å². The maximum atomic E-state index is 12.8. The van der Waals surface area contributed by atoms with Gasteiger partial charge in [-0.3, -0.25) is 4.79 Å². The molecule has 1 amide bonds. The lowest BCUT2D eigenvalue weighted by Gasteiger charge is -2.34. The molecule has 4 heteroatoms. The number of hydrogen-bond donors (Lipinski definition) is 2. The van der Waals surface area contributed by atoms with Crippen molar-refractivity contribution in [2.45, 2.75) is 51.3 Å². The molecule has 0 saturated carbocycles. The fourth-order valence-corrected chi connectivity index (χ4v) is 3.10. The van der Waals surface area contributed by atoms with Gasteiger partial charge in [0.15, 0.2) is 0 Å².